The number of pyridine rings is 1. The zero-order valence-electron chi connectivity index (χ0n) is 17.6. The molecule has 0 atom stereocenters. The van der Waals surface area contributed by atoms with Crippen LogP contribution < -0.4 is 9.64 Å². The second-order valence-corrected chi connectivity index (χ2v) is 8.86. The van der Waals surface area contributed by atoms with Crippen molar-refractivity contribution in [3.05, 3.63) is 48.2 Å². The Morgan fingerprint density at radius 3 is 2.37 bits per heavy atom. The van der Waals surface area contributed by atoms with Crippen molar-refractivity contribution < 1.29 is 17.9 Å². The second kappa shape index (κ2) is 9.44. The molecule has 2 heterocycles. The third kappa shape index (κ3) is 4.41. The number of carbonyl (C=O) groups is 1. The fourth-order valence-corrected chi connectivity index (χ4v) is 5.06. The summed E-state index contributed by atoms with van der Waals surface area (Å²) in [4.78, 5) is 21.5. The Hall–Kier alpha value is -2.65. The zero-order chi connectivity index (χ0) is 21.7. The Balaban J connectivity index is 1.82. The Labute approximate surface area is 178 Å². The van der Waals surface area contributed by atoms with Crippen molar-refractivity contribution in [3.63, 3.8) is 0 Å². The van der Waals surface area contributed by atoms with Gasteiger partial charge in [0.15, 0.2) is 0 Å². The number of hydrogen-bond donors (Lipinski definition) is 0. The maximum Gasteiger partial charge on any atom is 0.257 e. The van der Waals surface area contributed by atoms with Crippen molar-refractivity contribution in [2.24, 2.45) is 0 Å². The van der Waals surface area contributed by atoms with Crippen LogP contribution in [0, 0.1) is 0 Å². The van der Waals surface area contributed by atoms with Gasteiger partial charge in [-0.2, -0.15) is 4.31 Å². The van der Waals surface area contributed by atoms with Crippen molar-refractivity contribution >= 4 is 21.7 Å². The summed E-state index contributed by atoms with van der Waals surface area (Å²) in [6, 6.07) is 10.2. The van der Waals surface area contributed by atoms with Gasteiger partial charge in [0, 0.05) is 45.5 Å². The summed E-state index contributed by atoms with van der Waals surface area (Å²) in [5, 5.41) is 0. The summed E-state index contributed by atoms with van der Waals surface area (Å²) >= 11 is 0. The number of carbonyl (C=O) groups excluding carboxylic acids is 1. The molecule has 30 heavy (non-hydrogen) atoms. The van der Waals surface area contributed by atoms with Crippen LogP contribution in [0.5, 0.6) is 5.75 Å². The first kappa shape index (κ1) is 22.0. The van der Waals surface area contributed by atoms with Crippen LogP contribution in [0.3, 0.4) is 0 Å². The van der Waals surface area contributed by atoms with Crippen LogP contribution in [0.1, 0.15) is 24.2 Å². The third-order valence-electron chi connectivity index (χ3n) is 5.28. The molecule has 1 aromatic carbocycles. The fourth-order valence-electron chi connectivity index (χ4n) is 3.58. The lowest BCUT2D eigenvalue weighted by Gasteiger charge is -2.35. The van der Waals surface area contributed by atoms with Crippen LogP contribution in [-0.2, 0) is 10.0 Å². The van der Waals surface area contributed by atoms with E-state index in [2.05, 4.69) is 9.88 Å². The number of methoxy groups -OCH3 is 1. The summed E-state index contributed by atoms with van der Waals surface area (Å²) in [5.74, 6) is 1.02. The van der Waals surface area contributed by atoms with Crippen molar-refractivity contribution in [3.8, 4) is 5.75 Å². The van der Waals surface area contributed by atoms with E-state index in [1.165, 1.54) is 23.5 Å². The predicted octanol–water partition coefficient (Wildman–Crippen LogP) is 2.08. The molecule has 2 aromatic rings. The average molecular weight is 433 g/mol. The molecule has 0 radical (unpaired) electrons. The van der Waals surface area contributed by atoms with Gasteiger partial charge in [0.05, 0.1) is 17.6 Å². The Kier molecular flexibility index (Phi) is 6.94. The maximum atomic E-state index is 13.2. The van der Waals surface area contributed by atoms with Gasteiger partial charge < -0.3 is 14.5 Å². The smallest absolute Gasteiger partial charge is 0.257 e. The molecule has 0 saturated carbocycles. The number of piperazine rings is 1. The Morgan fingerprint density at radius 1 is 1.10 bits per heavy atom. The molecule has 0 bridgehead atoms. The number of amides is 1. The average Bonchev–Trinajstić information content (AvgIpc) is 2.79. The molecule has 1 aromatic heterocycles. The lowest BCUT2D eigenvalue weighted by atomic mass is 10.1. The van der Waals surface area contributed by atoms with Crippen molar-refractivity contribution in [2.75, 3.05) is 51.3 Å². The number of nitrogens with zero attached hydrogens (tertiary/aromatic N) is 4. The molecule has 1 fully saturated rings. The number of benzene rings is 1. The summed E-state index contributed by atoms with van der Waals surface area (Å²) in [6.07, 6.45) is 1.75. The highest BCUT2D eigenvalue weighted by Gasteiger charge is 2.28. The molecule has 1 aliphatic rings. The van der Waals surface area contributed by atoms with Crippen LogP contribution in [0.25, 0.3) is 0 Å². The van der Waals surface area contributed by atoms with Crippen LogP contribution in [0.4, 0.5) is 5.82 Å². The number of anilines is 1. The van der Waals surface area contributed by atoms with Gasteiger partial charge in [-0.3, -0.25) is 4.79 Å². The molecule has 9 heteroatoms. The van der Waals surface area contributed by atoms with Crippen LogP contribution in [0.15, 0.2) is 47.5 Å². The molecule has 3 rings (SSSR count). The summed E-state index contributed by atoms with van der Waals surface area (Å²) in [6.45, 7) is 6.66. The zero-order valence-corrected chi connectivity index (χ0v) is 18.4. The standard InChI is InChI=1S/C21H28N4O4S/c1-4-25(5-2)30(27,28)17-9-10-19(29-3)18(16-17)21(26)24-14-12-23(13-15-24)20-8-6-7-11-22-20/h6-11,16H,4-5,12-15H2,1-3H3. The van der Waals surface area contributed by atoms with Gasteiger partial charge in [0.25, 0.3) is 5.91 Å². The number of rotatable bonds is 7. The van der Waals surface area contributed by atoms with Crippen LogP contribution in [-0.4, -0.2) is 74.9 Å². The molecule has 0 N–H and O–H groups in total. The first-order valence-corrected chi connectivity index (χ1v) is 11.5. The van der Waals surface area contributed by atoms with E-state index in [1.54, 1.807) is 31.0 Å². The minimum atomic E-state index is -3.67. The third-order valence-corrected chi connectivity index (χ3v) is 7.33. The van der Waals surface area contributed by atoms with E-state index < -0.39 is 10.0 Å². The molecule has 0 aliphatic carbocycles. The highest BCUT2D eigenvalue weighted by Crippen LogP contribution is 2.26. The minimum Gasteiger partial charge on any atom is -0.496 e. The lowest BCUT2D eigenvalue weighted by Crippen LogP contribution is -2.49. The van der Waals surface area contributed by atoms with Crippen molar-refractivity contribution in [2.45, 2.75) is 18.7 Å². The molecule has 0 unspecified atom stereocenters. The first-order valence-electron chi connectivity index (χ1n) is 10.1. The SMILES string of the molecule is CCN(CC)S(=O)(=O)c1ccc(OC)c(C(=O)N2CCN(c3ccccn3)CC2)c1. The van der Waals surface area contributed by atoms with E-state index in [-0.39, 0.29) is 16.4 Å². The van der Waals surface area contributed by atoms with E-state index in [1.807, 2.05) is 18.2 Å². The van der Waals surface area contributed by atoms with Gasteiger partial charge in [-0.05, 0) is 30.3 Å². The topological polar surface area (TPSA) is 83.0 Å². The summed E-state index contributed by atoms with van der Waals surface area (Å²) < 4.78 is 32.5. The van der Waals surface area contributed by atoms with Crippen molar-refractivity contribution in [1.29, 1.82) is 0 Å². The van der Waals surface area contributed by atoms with Crippen LogP contribution in [0.2, 0.25) is 0 Å². The predicted molar refractivity (Wildman–Crippen MR) is 115 cm³/mol. The molecule has 1 saturated heterocycles. The van der Waals surface area contributed by atoms with Gasteiger partial charge in [-0.25, -0.2) is 13.4 Å². The van der Waals surface area contributed by atoms with E-state index in [9.17, 15) is 13.2 Å². The quantitative estimate of drug-likeness (QED) is 0.666. The Morgan fingerprint density at radius 2 is 1.80 bits per heavy atom. The van der Waals surface area contributed by atoms with Gasteiger partial charge in [-0.1, -0.05) is 19.9 Å². The van der Waals surface area contributed by atoms with E-state index in [0.717, 1.165) is 5.82 Å². The highest BCUT2D eigenvalue weighted by molar-refractivity contribution is 7.89. The summed E-state index contributed by atoms with van der Waals surface area (Å²) in [5.41, 5.74) is 0.261. The molecule has 0 spiro atoms. The Bertz CT molecular complexity index is 970. The van der Waals surface area contributed by atoms with Gasteiger partial charge in [0.1, 0.15) is 11.6 Å². The minimum absolute atomic E-state index is 0.0995. The van der Waals surface area contributed by atoms with Gasteiger partial charge in [0.2, 0.25) is 10.0 Å². The molecule has 8 nitrogen and oxygen atoms in total. The first-order chi connectivity index (χ1) is 14.4. The maximum absolute atomic E-state index is 13.2. The molecular formula is C21H28N4O4S. The number of sulfonamides is 1. The van der Waals surface area contributed by atoms with Gasteiger partial charge in [-0.15, -0.1) is 0 Å². The highest BCUT2D eigenvalue weighted by atomic mass is 32.2. The monoisotopic (exact) mass is 432 g/mol. The van der Waals surface area contributed by atoms with Crippen LogP contribution >= 0.6 is 0 Å². The molecule has 1 amide bonds. The molecular weight excluding hydrogens is 404 g/mol. The molecule has 1 aliphatic heterocycles. The second-order valence-electron chi connectivity index (χ2n) is 6.92. The lowest BCUT2D eigenvalue weighted by molar-refractivity contribution is 0.0743. The largest absolute Gasteiger partial charge is 0.496 e. The van der Waals surface area contributed by atoms with E-state index in [0.29, 0.717) is 45.0 Å². The normalized spacial score (nSPS) is 14.8. The number of ether oxygens (including phenoxy) is 1. The van der Waals surface area contributed by atoms with Gasteiger partial charge >= 0.3 is 0 Å². The van der Waals surface area contributed by atoms with E-state index in [4.69, 9.17) is 4.74 Å². The molecule has 162 valence electrons. The number of aromatic nitrogens is 1. The summed E-state index contributed by atoms with van der Waals surface area (Å²) in [7, 11) is -2.19. The van der Waals surface area contributed by atoms with E-state index >= 15 is 0 Å². The number of hydrogen-bond acceptors (Lipinski definition) is 6. The van der Waals surface area contributed by atoms with Crippen molar-refractivity contribution in [1.82, 2.24) is 14.2 Å². The fraction of sp³-hybridized carbons (Fsp3) is 0.429.